The van der Waals surface area contributed by atoms with Crippen molar-refractivity contribution in [3.8, 4) is 5.75 Å². The number of para-hydroxylation sites is 2. The third-order valence-corrected chi connectivity index (χ3v) is 5.52. The number of amides is 3. The first-order valence-electron chi connectivity index (χ1n) is 11.3. The number of carbonyl (C=O) groups is 3. The SMILES string of the molecule is Cc1ccc2c(c1)C(=O)NCCN(C(=O)c1cnc3ccccc3n1)CCCC(=O)NCCO2. The zero-order chi connectivity index (χ0) is 23.9. The summed E-state index contributed by atoms with van der Waals surface area (Å²) in [6.45, 7) is 3.33. The summed E-state index contributed by atoms with van der Waals surface area (Å²) in [5.74, 6) is -0.242. The molecule has 9 nitrogen and oxygen atoms in total. The van der Waals surface area contributed by atoms with Crippen molar-refractivity contribution < 1.29 is 19.1 Å². The lowest BCUT2D eigenvalue weighted by molar-refractivity contribution is -0.121. The van der Waals surface area contributed by atoms with E-state index in [1.54, 1.807) is 23.1 Å². The van der Waals surface area contributed by atoms with Gasteiger partial charge in [0.05, 0.1) is 29.3 Å². The van der Waals surface area contributed by atoms with E-state index in [4.69, 9.17) is 4.74 Å². The number of nitrogens with zero attached hydrogens (tertiary/aromatic N) is 3. The van der Waals surface area contributed by atoms with Crippen molar-refractivity contribution in [3.63, 3.8) is 0 Å². The highest BCUT2D eigenvalue weighted by atomic mass is 16.5. The molecule has 34 heavy (non-hydrogen) atoms. The molecule has 3 aromatic rings. The van der Waals surface area contributed by atoms with Crippen LogP contribution in [0.2, 0.25) is 0 Å². The number of ether oxygens (including phenoxy) is 1. The van der Waals surface area contributed by atoms with E-state index >= 15 is 0 Å². The quantitative estimate of drug-likeness (QED) is 0.574. The summed E-state index contributed by atoms with van der Waals surface area (Å²) < 4.78 is 5.73. The van der Waals surface area contributed by atoms with Crippen LogP contribution in [0.1, 0.15) is 39.3 Å². The molecular formula is C25H27N5O4. The van der Waals surface area contributed by atoms with Crippen LogP contribution in [0, 0.1) is 6.92 Å². The van der Waals surface area contributed by atoms with Crippen molar-refractivity contribution in [3.05, 3.63) is 65.5 Å². The van der Waals surface area contributed by atoms with E-state index in [0.717, 1.165) is 5.56 Å². The highest BCUT2D eigenvalue weighted by Crippen LogP contribution is 2.20. The van der Waals surface area contributed by atoms with Gasteiger partial charge in [0, 0.05) is 26.1 Å². The maximum absolute atomic E-state index is 13.2. The largest absolute Gasteiger partial charge is 0.491 e. The van der Waals surface area contributed by atoms with Gasteiger partial charge in [-0.2, -0.15) is 0 Å². The highest BCUT2D eigenvalue weighted by Gasteiger charge is 2.20. The van der Waals surface area contributed by atoms with Gasteiger partial charge >= 0.3 is 0 Å². The van der Waals surface area contributed by atoms with E-state index in [-0.39, 0.29) is 49.5 Å². The van der Waals surface area contributed by atoms with Crippen molar-refractivity contribution in [2.24, 2.45) is 0 Å². The second kappa shape index (κ2) is 10.7. The van der Waals surface area contributed by atoms with Crippen molar-refractivity contribution >= 4 is 28.8 Å². The fraction of sp³-hybridized carbons (Fsp3) is 0.320. The summed E-state index contributed by atoms with van der Waals surface area (Å²) in [6, 6.07) is 12.7. The standard InChI is InChI=1S/C25H27N5O4/c1-17-8-9-22-18(15-17)24(32)27-10-13-30(12-4-7-23(31)26-11-14-34-22)25(33)21-16-28-19-5-2-3-6-20(19)29-21/h2-3,5-6,8-9,15-16H,4,7,10-14H2,1H3,(H,26,31)(H,27,32). The fourth-order valence-electron chi connectivity index (χ4n) is 3.75. The summed E-state index contributed by atoms with van der Waals surface area (Å²) in [6.07, 6.45) is 2.21. The smallest absolute Gasteiger partial charge is 0.274 e. The molecule has 0 atom stereocenters. The van der Waals surface area contributed by atoms with Crippen LogP contribution in [0.15, 0.2) is 48.7 Å². The topological polar surface area (TPSA) is 114 Å². The number of hydrogen-bond donors (Lipinski definition) is 2. The van der Waals surface area contributed by atoms with Crippen molar-refractivity contribution in [1.29, 1.82) is 0 Å². The van der Waals surface area contributed by atoms with Gasteiger partial charge in [-0.05, 0) is 37.6 Å². The molecule has 0 saturated heterocycles. The predicted octanol–water partition coefficient (Wildman–Crippen LogP) is 2.10. The minimum atomic E-state index is -0.295. The monoisotopic (exact) mass is 461 g/mol. The Labute approximate surface area is 197 Å². The maximum Gasteiger partial charge on any atom is 0.274 e. The van der Waals surface area contributed by atoms with E-state index < -0.39 is 0 Å². The van der Waals surface area contributed by atoms with Crippen molar-refractivity contribution in [2.45, 2.75) is 19.8 Å². The summed E-state index contributed by atoms with van der Waals surface area (Å²) in [5.41, 5.74) is 2.90. The lowest BCUT2D eigenvalue weighted by Crippen LogP contribution is -2.40. The van der Waals surface area contributed by atoms with Gasteiger partial charge in [0.25, 0.3) is 11.8 Å². The Hall–Kier alpha value is -4.01. The van der Waals surface area contributed by atoms with Crippen LogP contribution in [-0.4, -0.2) is 65.4 Å². The lowest BCUT2D eigenvalue weighted by atomic mass is 10.1. The first kappa shape index (κ1) is 23.2. The van der Waals surface area contributed by atoms with Crippen molar-refractivity contribution in [1.82, 2.24) is 25.5 Å². The van der Waals surface area contributed by atoms with Crippen LogP contribution in [0.4, 0.5) is 0 Å². The number of benzene rings is 2. The Balaban J connectivity index is 1.53. The average Bonchev–Trinajstić information content (AvgIpc) is 2.85. The van der Waals surface area contributed by atoms with E-state index in [1.807, 2.05) is 31.2 Å². The Morgan fingerprint density at radius 2 is 1.85 bits per heavy atom. The molecule has 0 bridgehead atoms. The van der Waals surface area contributed by atoms with E-state index in [2.05, 4.69) is 20.6 Å². The Bertz CT molecular complexity index is 1210. The number of aromatic nitrogens is 2. The Morgan fingerprint density at radius 1 is 1.03 bits per heavy atom. The molecule has 1 aliphatic heterocycles. The first-order chi connectivity index (χ1) is 16.5. The minimum absolute atomic E-state index is 0.116. The number of hydrogen-bond acceptors (Lipinski definition) is 6. The highest BCUT2D eigenvalue weighted by molar-refractivity contribution is 5.97. The average molecular weight is 462 g/mol. The molecule has 0 spiro atoms. The van der Waals surface area contributed by atoms with E-state index in [0.29, 0.717) is 41.9 Å². The van der Waals surface area contributed by atoms with Gasteiger partial charge in [-0.1, -0.05) is 23.8 Å². The van der Waals surface area contributed by atoms with Crippen LogP contribution < -0.4 is 15.4 Å². The van der Waals surface area contributed by atoms with Gasteiger partial charge in [0.1, 0.15) is 18.1 Å². The molecule has 1 aromatic heterocycles. The molecule has 4 rings (SSSR count). The first-order valence-corrected chi connectivity index (χ1v) is 11.3. The molecule has 1 aliphatic rings. The van der Waals surface area contributed by atoms with Gasteiger partial charge in [0.2, 0.25) is 5.91 Å². The lowest BCUT2D eigenvalue weighted by Gasteiger charge is -2.22. The molecule has 9 heteroatoms. The number of nitrogens with one attached hydrogen (secondary N) is 2. The second-order valence-electron chi connectivity index (χ2n) is 8.09. The zero-order valence-electron chi connectivity index (χ0n) is 19.0. The molecular weight excluding hydrogens is 434 g/mol. The number of fused-ring (bicyclic) bond motifs is 2. The maximum atomic E-state index is 13.2. The van der Waals surface area contributed by atoms with Gasteiger partial charge in [-0.25, -0.2) is 4.98 Å². The third-order valence-electron chi connectivity index (χ3n) is 5.52. The molecule has 0 saturated carbocycles. The van der Waals surface area contributed by atoms with Gasteiger partial charge in [-0.15, -0.1) is 0 Å². The van der Waals surface area contributed by atoms with Crippen LogP contribution in [-0.2, 0) is 4.79 Å². The van der Waals surface area contributed by atoms with E-state index in [1.165, 1.54) is 6.20 Å². The Morgan fingerprint density at radius 3 is 2.71 bits per heavy atom. The molecule has 2 N–H and O–H groups in total. The van der Waals surface area contributed by atoms with Crippen LogP contribution in [0.3, 0.4) is 0 Å². The Kier molecular flexibility index (Phi) is 7.31. The number of rotatable bonds is 1. The fourth-order valence-corrected chi connectivity index (χ4v) is 3.75. The van der Waals surface area contributed by atoms with Gasteiger partial charge in [0.15, 0.2) is 0 Å². The molecule has 3 amide bonds. The van der Waals surface area contributed by atoms with Gasteiger partial charge in [-0.3, -0.25) is 19.4 Å². The number of carbonyl (C=O) groups excluding carboxylic acids is 3. The molecule has 2 aromatic carbocycles. The molecule has 0 fully saturated rings. The van der Waals surface area contributed by atoms with Gasteiger partial charge < -0.3 is 20.3 Å². The summed E-state index contributed by atoms with van der Waals surface area (Å²) >= 11 is 0. The van der Waals surface area contributed by atoms with Crippen LogP contribution >= 0.6 is 0 Å². The zero-order valence-corrected chi connectivity index (χ0v) is 19.0. The molecule has 2 heterocycles. The summed E-state index contributed by atoms with van der Waals surface area (Å²) in [4.78, 5) is 48.7. The second-order valence-corrected chi connectivity index (χ2v) is 8.09. The third kappa shape index (κ3) is 5.67. The summed E-state index contributed by atoms with van der Waals surface area (Å²) in [7, 11) is 0. The normalized spacial score (nSPS) is 15.9. The van der Waals surface area contributed by atoms with Crippen LogP contribution in [0.5, 0.6) is 5.75 Å². The van der Waals surface area contributed by atoms with E-state index in [9.17, 15) is 14.4 Å². The molecule has 0 radical (unpaired) electrons. The predicted molar refractivity (Wildman–Crippen MR) is 127 cm³/mol. The van der Waals surface area contributed by atoms with Crippen LogP contribution in [0.25, 0.3) is 11.0 Å². The van der Waals surface area contributed by atoms with Crippen molar-refractivity contribution in [2.75, 3.05) is 32.8 Å². The minimum Gasteiger partial charge on any atom is -0.491 e. The molecule has 0 aliphatic carbocycles. The molecule has 0 unspecified atom stereocenters. The molecule has 176 valence electrons. The number of aryl methyl sites for hydroxylation is 1. The summed E-state index contributed by atoms with van der Waals surface area (Å²) in [5, 5.41) is 5.69.